The van der Waals surface area contributed by atoms with Crippen molar-refractivity contribution in [3.63, 3.8) is 0 Å². The monoisotopic (exact) mass is 833 g/mol. The summed E-state index contributed by atoms with van der Waals surface area (Å²) < 4.78 is 0. The molecule has 0 heterocycles. The molecule has 6 unspecified atom stereocenters. The fourth-order valence-electron chi connectivity index (χ4n) is 13.5. The highest BCUT2D eigenvalue weighted by Crippen LogP contribution is 2.67. The summed E-state index contributed by atoms with van der Waals surface area (Å²) in [6.07, 6.45) is 25.8. The van der Waals surface area contributed by atoms with Crippen LogP contribution < -0.4 is 16.0 Å². The van der Waals surface area contributed by atoms with E-state index in [-0.39, 0.29) is 10.8 Å². The van der Waals surface area contributed by atoms with Gasteiger partial charge >= 0.3 is 0 Å². The second kappa shape index (κ2) is 13.9. The number of benzene rings is 7. The van der Waals surface area contributed by atoms with Gasteiger partial charge in [0.1, 0.15) is 0 Å². The highest BCUT2D eigenvalue weighted by atomic mass is 14.9. The van der Waals surface area contributed by atoms with Gasteiger partial charge in [-0.3, -0.25) is 0 Å². The Morgan fingerprint density at radius 2 is 0.831 bits per heavy atom. The van der Waals surface area contributed by atoms with Gasteiger partial charge in [0.2, 0.25) is 0 Å². The van der Waals surface area contributed by atoms with E-state index < -0.39 is 0 Å². The molecule has 7 aromatic rings. The lowest BCUT2D eigenvalue weighted by Crippen LogP contribution is -2.35. The molecule has 2 spiro atoms. The summed E-state index contributed by atoms with van der Waals surface area (Å²) >= 11 is 0. The van der Waals surface area contributed by atoms with Crippen molar-refractivity contribution in [3.05, 3.63) is 263 Å². The van der Waals surface area contributed by atoms with Crippen molar-refractivity contribution in [1.29, 1.82) is 0 Å². The van der Waals surface area contributed by atoms with Crippen LogP contribution in [0.1, 0.15) is 52.1 Å². The number of rotatable bonds is 6. The summed E-state index contributed by atoms with van der Waals surface area (Å²) in [5.74, 6) is 1.45. The largest absolute Gasteiger partial charge is 0.356 e. The van der Waals surface area contributed by atoms with Crippen LogP contribution in [-0.2, 0) is 10.8 Å². The summed E-state index contributed by atoms with van der Waals surface area (Å²) in [5.41, 5.74) is 23.2. The minimum Gasteiger partial charge on any atom is -0.356 e. The summed E-state index contributed by atoms with van der Waals surface area (Å²) in [6.45, 7) is 0. The predicted octanol–water partition coefficient (Wildman–Crippen LogP) is 15.4. The molecular weight excluding hydrogens is 787 g/mol. The average molecular weight is 834 g/mol. The van der Waals surface area contributed by atoms with E-state index >= 15 is 0 Å². The number of nitrogens with one attached hydrogen (secondary N) is 3. The van der Waals surface area contributed by atoms with E-state index in [1.165, 1.54) is 61.2 Å². The van der Waals surface area contributed by atoms with E-state index in [4.69, 9.17) is 0 Å². The average Bonchev–Trinajstić information content (AvgIpc) is 4.04. The van der Waals surface area contributed by atoms with Crippen molar-refractivity contribution in [2.45, 2.75) is 29.6 Å². The van der Waals surface area contributed by atoms with Crippen LogP contribution in [0.3, 0.4) is 0 Å². The topological polar surface area (TPSA) is 36.1 Å². The third kappa shape index (κ3) is 5.12. The first kappa shape index (κ1) is 36.8. The van der Waals surface area contributed by atoms with E-state index in [0.29, 0.717) is 23.7 Å². The van der Waals surface area contributed by atoms with Crippen LogP contribution in [0.5, 0.6) is 0 Å². The summed E-state index contributed by atoms with van der Waals surface area (Å²) in [4.78, 5) is 0. The Hall–Kier alpha value is -7.62. The maximum Gasteiger partial charge on any atom is 0.0538 e. The molecule has 0 saturated heterocycles. The Kier molecular flexibility index (Phi) is 7.90. The maximum absolute atomic E-state index is 3.78. The lowest BCUT2D eigenvalue weighted by molar-refractivity contribution is 0.425. The zero-order valence-corrected chi connectivity index (χ0v) is 36.0. The molecule has 0 aromatic heterocycles. The highest BCUT2D eigenvalue weighted by molar-refractivity contribution is 5.89. The second-order valence-corrected chi connectivity index (χ2v) is 18.9. The van der Waals surface area contributed by atoms with Gasteiger partial charge in [0, 0.05) is 57.8 Å². The normalized spacial score (nSPS) is 24.9. The van der Waals surface area contributed by atoms with E-state index in [1.54, 1.807) is 5.57 Å². The third-order valence-corrected chi connectivity index (χ3v) is 15.9. The molecule has 310 valence electrons. The Morgan fingerprint density at radius 1 is 0.385 bits per heavy atom. The Morgan fingerprint density at radius 3 is 1.45 bits per heavy atom. The number of hydrogen-bond donors (Lipinski definition) is 3. The molecule has 6 atom stereocenters. The molecule has 65 heavy (non-hydrogen) atoms. The molecule has 0 saturated carbocycles. The first-order valence-electron chi connectivity index (χ1n) is 23.4. The fraction of sp³-hybridized carbons (Fsp3) is 0.129. The molecule has 3 nitrogen and oxygen atoms in total. The van der Waals surface area contributed by atoms with Crippen molar-refractivity contribution in [3.8, 4) is 22.3 Å². The smallest absolute Gasteiger partial charge is 0.0538 e. The molecular formula is C62H47N3. The molecule has 0 radical (unpaired) electrons. The van der Waals surface area contributed by atoms with E-state index in [0.717, 1.165) is 47.0 Å². The van der Waals surface area contributed by atoms with Gasteiger partial charge in [-0.25, -0.2) is 0 Å². The van der Waals surface area contributed by atoms with Gasteiger partial charge in [-0.1, -0.05) is 151 Å². The maximum atomic E-state index is 3.78. The zero-order chi connectivity index (χ0) is 42.7. The van der Waals surface area contributed by atoms with Crippen LogP contribution in [0.2, 0.25) is 0 Å². The molecule has 7 aromatic carbocycles. The molecule has 0 amide bonds. The van der Waals surface area contributed by atoms with Crippen molar-refractivity contribution >= 4 is 34.1 Å². The number of allylic oxidation sites excluding steroid dienone is 12. The summed E-state index contributed by atoms with van der Waals surface area (Å²) in [6, 6.07) is 58.7. The van der Waals surface area contributed by atoms with Gasteiger partial charge in [0.15, 0.2) is 0 Å². The second-order valence-electron chi connectivity index (χ2n) is 18.9. The highest BCUT2D eigenvalue weighted by Gasteiger charge is 2.59. The van der Waals surface area contributed by atoms with Crippen molar-refractivity contribution in [2.24, 2.45) is 17.8 Å². The molecule has 0 aliphatic heterocycles. The summed E-state index contributed by atoms with van der Waals surface area (Å²) in [5, 5.41) is 11.2. The lowest BCUT2D eigenvalue weighted by Gasteiger charge is -2.38. The quantitative estimate of drug-likeness (QED) is 0.156. The Labute approximate surface area is 381 Å². The molecule has 3 heteroatoms. The van der Waals surface area contributed by atoms with Crippen molar-refractivity contribution in [2.75, 3.05) is 16.0 Å². The Bertz CT molecular complexity index is 3320. The third-order valence-electron chi connectivity index (χ3n) is 15.9. The van der Waals surface area contributed by atoms with Gasteiger partial charge in [-0.2, -0.15) is 0 Å². The summed E-state index contributed by atoms with van der Waals surface area (Å²) in [7, 11) is 0. The minimum atomic E-state index is -0.235. The lowest BCUT2D eigenvalue weighted by atomic mass is 9.63. The molecule has 14 rings (SSSR count). The van der Waals surface area contributed by atoms with Crippen molar-refractivity contribution < 1.29 is 0 Å². The first-order valence-corrected chi connectivity index (χ1v) is 23.4. The predicted molar refractivity (Wildman–Crippen MR) is 269 cm³/mol. The molecule has 7 aliphatic rings. The minimum absolute atomic E-state index is 0.151. The van der Waals surface area contributed by atoms with Gasteiger partial charge in [-0.15, -0.1) is 0 Å². The van der Waals surface area contributed by atoms with E-state index in [2.05, 4.69) is 234 Å². The number of hydrogen-bond acceptors (Lipinski definition) is 3. The fourth-order valence-corrected chi connectivity index (χ4v) is 13.5. The van der Waals surface area contributed by atoms with Gasteiger partial charge < -0.3 is 16.0 Å². The van der Waals surface area contributed by atoms with E-state index in [1.807, 2.05) is 0 Å². The van der Waals surface area contributed by atoms with Crippen molar-refractivity contribution in [1.82, 2.24) is 0 Å². The molecule has 3 N–H and O–H groups in total. The number of fused-ring (bicyclic) bond motifs is 19. The number of anilines is 6. The SMILES string of the molecule is C1=CC2C3=C(CCC=C3)C3(c4ccccc4-c4ccc(Nc5ccc(Nc6ccc(Nc7ccc8c(c7)C7(c9ccccc9-8)c8ccccc8C8C=CC=CC87)cc6)cc5)cc43)C2C=C1. The Balaban J connectivity index is 0.711. The van der Waals surface area contributed by atoms with Crippen LogP contribution >= 0.6 is 0 Å². The van der Waals surface area contributed by atoms with E-state index in [9.17, 15) is 0 Å². The zero-order valence-electron chi connectivity index (χ0n) is 36.0. The standard InChI is InChI=1S/C62H47N3/c1-7-19-53-45(13-1)46-14-2-8-20-54(46)61(53)57-23-11-5-17-49(57)51-35-33-43(37-59(51)61)64-41-29-25-39(26-30-41)63-40-27-31-42(32-28-40)65-44-34-36-52-50-18-6-12-24-58(50)62(60(52)38-44)55-21-9-3-15-47(55)48-16-4-10-22-56(48)62/h1-9,11-21,23-38,45,47,53,55,63-65H,10,22H2. The van der Waals surface area contributed by atoms with Crippen LogP contribution in [0, 0.1) is 17.8 Å². The van der Waals surface area contributed by atoms with Gasteiger partial charge in [-0.05, 0) is 147 Å². The van der Waals surface area contributed by atoms with Crippen LogP contribution in [0.4, 0.5) is 34.1 Å². The molecule has 7 aliphatic carbocycles. The van der Waals surface area contributed by atoms with Crippen LogP contribution in [0.25, 0.3) is 22.3 Å². The van der Waals surface area contributed by atoms with Gasteiger partial charge in [0.05, 0.1) is 10.8 Å². The van der Waals surface area contributed by atoms with Gasteiger partial charge in [0.25, 0.3) is 0 Å². The molecule has 0 fully saturated rings. The van der Waals surface area contributed by atoms with Crippen LogP contribution in [-0.4, -0.2) is 0 Å². The first-order chi connectivity index (χ1) is 32.2. The molecule has 0 bridgehead atoms. The van der Waals surface area contributed by atoms with Crippen LogP contribution in [0.15, 0.2) is 230 Å².